The van der Waals surface area contributed by atoms with E-state index in [-0.39, 0.29) is 11.4 Å². The standard InChI is InChI=1S/C18H18N2O6S2/c1-25-17(21)20-14-4-6-15(7-5-14)28(23,24)19-12-18(22,13-8-9-26-11-13)16-3-2-10-27-16/h2-11,19,22H,12H2,1H3,(H,20,21)/t18-/m1/s1. The van der Waals surface area contributed by atoms with Gasteiger partial charge in [-0.05, 0) is 41.8 Å². The summed E-state index contributed by atoms with van der Waals surface area (Å²) in [5.41, 5.74) is -0.741. The van der Waals surface area contributed by atoms with Gasteiger partial charge in [0.1, 0.15) is 5.60 Å². The Morgan fingerprint density at radius 3 is 2.57 bits per heavy atom. The molecule has 0 aliphatic rings. The molecule has 0 aliphatic heterocycles. The molecular formula is C18H18N2O6S2. The number of amides is 1. The van der Waals surface area contributed by atoms with E-state index < -0.39 is 21.7 Å². The van der Waals surface area contributed by atoms with Crippen LogP contribution in [0.25, 0.3) is 0 Å². The summed E-state index contributed by atoms with van der Waals surface area (Å²) in [6.07, 6.45) is 2.13. The molecule has 1 aromatic carbocycles. The Morgan fingerprint density at radius 2 is 2.00 bits per heavy atom. The van der Waals surface area contributed by atoms with Gasteiger partial charge in [0, 0.05) is 22.7 Å². The van der Waals surface area contributed by atoms with Gasteiger partial charge in [0.15, 0.2) is 0 Å². The van der Waals surface area contributed by atoms with Crippen molar-refractivity contribution in [2.45, 2.75) is 10.5 Å². The van der Waals surface area contributed by atoms with Crippen molar-refractivity contribution in [1.29, 1.82) is 0 Å². The number of rotatable bonds is 7. The molecule has 10 heteroatoms. The van der Waals surface area contributed by atoms with Crippen LogP contribution in [0.15, 0.2) is 69.7 Å². The molecule has 0 fully saturated rings. The van der Waals surface area contributed by atoms with Crippen LogP contribution in [-0.2, 0) is 20.4 Å². The maximum atomic E-state index is 12.7. The van der Waals surface area contributed by atoms with E-state index in [9.17, 15) is 18.3 Å². The fourth-order valence-corrected chi connectivity index (χ4v) is 4.42. The van der Waals surface area contributed by atoms with Gasteiger partial charge in [-0.1, -0.05) is 6.07 Å². The lowest BCUT2D eigenvalue weighted by atomic mass is 9.95. The van der Waals surface area contributed by atoms with Crippen molar-refractivity contribution >= 4 is 33.1 Å². The molecule has 2 aromatic heterocycles. The maximum Gasteiger partial charge on any atom is 0.411 e. The van der Waals surface area contributed by atoms with Crippen molar-refractivity contribution in [2.24, 2.45) is 0 Å². The number of anilines is 1. The lowest BCUT2D eigenvalue weighted by Gasteiger charge is -2.26. The van der Waals surface area contributed by atoms with Gasteiger partial charge in [0.05, 0.1) is 24.5 Å². The first-order chi connectivity index (χ1) is 13.3. The fraction of sp³-hybridized carbons (Fsp3) is 0.167. The Labute approximate surface area is 165 Å². The summed E-state index contributed by atoms with van der Waals surface area (Å²) in [5, 5.41) is 15.4. The Kier molecular flexibility index (Phi) is 5.84. The number of carbonyl (C=O) groups excluding carboxylic acids is 1. The molecule has 0 spiro atoms. The molecule has 0 unspecified atom stereocenters. The van der Waals surface area contributed by atoms with Crippen molar-refractivity contribution in [3.63, 3.8) is 0 Å². The molecule has 0 saturated carbocycles. The predicted octanol–water partition coefficient (Wildman–Crippen LogP) is 2.73. The molecule has 0 bridgehead atoms. The minimum absolute atomic E-state index is 0.0105. The second-order valence-electron chi connectivity index (χ2n) is 5.82. The van der Waals surface area contributed by atoms with Crippen LogP contribution in [0, 0.1) is 0 Å². The Morgan fingerprint density at radius 1 is 1.25 bits per heavy atom. The van der Waals surface area contributed by atoms with Gasteiger partial charge >= 0.3 is 6.09 Å². The van der Waals surface area contributed by atoms with Crippen LogP contribution in [0.1, 0.15) is 10.4 Å². The number of thiophene rings is 1. The van der Waals surface area contributed by atoms with Crippen LogP contribution >= 0.6 is 11.3 Å². The topological polar surface area (TPSA) is 118 Å². The van der Waals surface area contributed by atoms with Gasteiger partial charge in [-0.25, -0.2) is 17.9 Å². The first kappa shape index (κ1) is 20.1. The number of aliphatic hydroxyl groups is 1. The molecule has 0 saturated heterocycles. The maximum absolute atomic E-state index is 12.7. The van der Waals surface area contributed by atoms with Gasteiger partial charge in [0.25, 0.3) is 0 Å². The van der Waals surface area contributed by atoms with Gasteiger partial charge in [-0.3, -0.25) is 5.32 Å². The molecule has 0 radical (unpaired) electrons. The van der Waals surface area contributed by atoms with Crippen LogP contribution in [-0.4, -0.2) is 33.3 Å². The second-order valence-corrected chi connectivity index (χ2v) is 8.53. The average Bonchev–Trinajstić information content (AvgIpc) is 3.41. The highest BCUT2D eigenvalue weighted by Gasteiger charge is 2.35. The number of nitrogens with one attached hydrogen (secondary N) is 2. The summed E-state index contributed by atoms with van der Waals surface area (Å²) in [4.78, 5) is 11.8. The number of hydrogen-bond donors (Lipinski definition) is 3. The molecule has 8 nitrogen and oxygen atoms in total. The van der Waals surface area contributed by atoms with E-state index in [2.05, 4.69) is 14.8 Å². The SMILES string of the molecule is COC(=O)Nc1ccc(S(=O)(=O)NC[C@@](O)(c2ccoc2)c2cccs2)cc1. The third kappa shape index (κ3) is 4.25. The van der Waals surface area contributed by atoms with Crippen molar-refractivity contribution in [3.05, 3.63) is 70.8 Å². The molecule has 3 rings (SSSR count). The van der Waals surface area contributed by atoms with Gasteiger partial charge < -0.3 is 14.3 Å². The first-order valence-electron chi connectivity index (χ1n) is 8.09. The van der Waals surface area contributed by atoms with E-state index in [0.717, 1.165) is 0 Å². The molecular weight excluding hydrogens is 404 g/mol. The number of sulfonamides is 1. The number of carbonyl (C=O) groups is 1. The monoisotopic (exact) mass is 422 g/mol. The molecule has 148 valence electrons. The number of ether oxygens (including phenoxy) is 1. The number of furan rings is 1. The summed E-state index contributed by atoms with van der Waals surface area (Å²) < 4.78 is 37.3. The lowest BCUT2D eigenvalue weighted by molar-refractivity contribution is 0.0892. The largest absolute Gasteiger partial charge is 0.472 e. The van der Waals surface area contributed by atoms with Crippen molar-refractivity contribution < 1.29 is 27.5 Å². The second kappa shape index (κ2) is 8.15. The van der Waals surface area contributed by atoms with Gasteiger partial charge in [-0.15, -0.1) is 11.3 Å². The minimum Gasteiger partial charge on any atom is -0.472 e. The third-order valence-corrected chi connectivity index (χ3v) is 6.48. The Bertz CT molecular complexity index is 978. The molecule has 0 aliphatic carbocycles. The van der Waals surface area contributed by atoms with Crippen LogP contribution in [0.2, 0.25) is 0 Å². The van der Waals surface area contributed by atoms with Crippen molar-refractivity contribution in [2.75, 3.05) is 19.0 Å². The highest BCUT2D eigenvalue weighted by atomic mass is 32.2. The van der Waals surface area contributed by atoms with E-state index in [1.54, 1.807) is 23.6 Å². The van der Waals surface area contributed by atoms with E-state index >= 15 is 0 Å². The lowest BCUT2D eigenvalue weighted by Crippen LogP contribution is -2.40. The Hall–Kier alpha value is -2.66. The van der Waals surface area contributed by atoms with Crippen molar-refractivity contribution in [1.82, 2.24) is 4.72 Å². The van der Waals surface area contributed by atoms with Gasteiger partial charge in [-0.2, -0.15) is 0 Å². The third-order valence-electron chi connectivity index (χ3n) is 4.04. The zero-order chi connectivity index (χ0) is 20.2. The van der Waals surface area contributed by atoms with E-state index in [4.69, 9.17) is 4.42 Å². The predicted molar refractivity (Wildman–Crippen MR) is 104 cm³/mol. The number of methoxy groups -OCH3 is 1. The molecule has 28 heavy (non-hydrogen) atoms. The first-order valence-corrected chi connectivity index (χ1v) is 10.5. The van der Waals surface area contributed by atoms with E-state index in [0.29, 0.717) is 16.1 Å². The molecule has 3 N–H and O–H groups in total. The normalized spacial score (nSPS) is 13.6. The number of hydrogen-bond acceptors (Lipinski definition) is 7. The average molecular weight is 422 g/mol. The Balaban J connectivity index is 1.79. The summed E-state index contributed by atoms with van der Waals surface area (Å²) in [6, 6.07) is 10.6. The summed E-state index contributed by atoms with van der Waals surface area (Å²) in [6.45, 7) is -0.280. The smallest absolute Gasteiger partial charge is 0.411 e. The van der Waals surface area contributed by atoms with Crippen LogP contribution in [0.5, 0.6) is 0 Å². The van der Waals surface area contributed by atoms with Crippen molar-refractivity contribution in [3.8, 4) is 0 Å². The van der Waals surface area contributed by atoms with Gasteiger partial charge in [0.2, 0.25) is 10.0 Å². The van der Waals surface area contributed by atoms with Crippen LogP contribution < -0.4 is 10.0 Å². The highest BCUT2D eigenvalue weighted by Crippen LogP contribution is 2.33. The fourth-order valence-electron chi connectivity index (χ4n) is 2.51. The number of benzene rings is 1. The zero-order valence-corrected chi connectivity index (χ0v) is 16.4. The minimum atomic E-state index is -3.91. The summed E-state index contributed by atoms with van der Waals surface area (Å²) in [5.74, 6) is 0. The molecule has 2 heterocycles. The highest BCUT2D eigenvalue weighted by molar-refractivity contribution is 7.89. The van der Waals surface area contributed by atoms with Crippen LogP contribution in [0.4, 0.5) is 10.5 Å². The van der Waals surface area contributed by atoms with Crippen LogP contribution in [0.3, 0.4) is 0 Å². The van der Waals surface area contributed by atoms with E-state index in [1.165, 1.54) is 55.2 Å². The zero-order valence-electron chi connectivity index (χ0n) is 14.8. The molecule has 3 aromatic rings. The quantitative estimate of drug-likeness (QED) is 0.539. The molecule has 1 atom stereocenters. The summed E-state index contributed by atoms with van der Waals surface area (Å²) in [7, 11) is -2.68. The van der Waals surface area contributed by atoms with E-state index in [1.807, 2.05) is 0 Å². The molecule has 1 amide bonds. The summed E-state index contributed by atoms with van der Waals surface area (Å²) >= 11 is 1.31.